The van der Waals surface area contributed by atoms with Gasteiger partial charge in [0.15, 0.2) is 6.61 Å². The highest BCUT2D eigenvalue weighted by Crippen LogP contribution is 2.31. The third-order valence-electron chi connectivity index (χ3n) is 3.97. The third-order valence-corrected chi connectivity index (χ3v) is 5.45. The van der Waals surface area contributed by atoms with E-state index in [0.717, 1.165) is 32.2 Å². The minimum atomic E-state index is -0.373. The highest BCUT2D eigenvalue weighted by atomic mass is 79.9. The van der Waals surface area contributed by atoms with E-state index in [-0.39, 0.29) is 18.4 Å². The normalized spacial score (nSPS) is 11.0. The number of ether oxygens (including phenoxy) is 1. The van der Waals surface area contributed by atoms with E-state index < -0.39 is 0 Å². The summed E-state index contributed by atoms with van der Waals surface area (Å²) in [4.78, 5) is 24.2. The average molecular weight is 525 g/mol. The van der Waals surface area contributed by atoms with Gasteiger partial charge in [0.2, 0.25) is 5.91 Å². The molecule has 2 amide bonds. The Balaban J connectivity index is 1.83. The second-order valence-corrected chi connectivity index (χ2v) is 8.03. The van der Waals surface area contributed by atoms with Crippen molar-refractivity contribution in [1.29, 1.82) is 0 Å². The van der Waals surface area contributed by atoms with E-state index in [1.54, 1.807) is 6.92 Å². The fourth-order valence-electron chi connectivity index (χ4n) is 2.44. The summed E-state index contributed by atoms with van der Waals surface area (Å²) in [6.45, 7) is 5.47. The van der Waals surface area contributed by atoms with Gasteiger partial charge in [-0.2, -0.15) is 0 Å². The van der Waals surface area contributed by atoms with Crippen LogP contribution < -0.4 is 20.9 Å². The van der Waals surface area contributed by atoms with E-state index in [2.05, 4.69) is 48.0 Å². The van der Waals surface area contributed by atoms with Crippen molar-refractivity contribution in [2.45, 2.75) is 27.2 Å². The second kappa shape index (κ2) is 11.0. The molecule has 2 aromatic carbocycles. The van der Waals surface area contributed by atoms with Crippen LogP contribution in [0.3, 0.4) is 0 Å². The predicted octanol–water partition coefficient (Wildman–Crippen LogP) is 4.62. The molecule has 154 valence electrons. The van der Waals surface area contributed by atoms with Gasteiger partial charge in [-0.05, 0) is 65.5 Å². The minimum absolute atomic E-state index is 0.171. The molecule has 2 rings (SSSR count). The van der Waals surface area contributed by atoms with E-state index in [0.29, 0.717) is 11.4 Å². The Morgan fingerprint density at radius 2 is 1.83 bits per heavy atom. The van der Waals surface area contributed by atoms with Crippen LogP contribution in [-0.4, -0.2) is 18.4 Å². The summed E-state index contributed by atoms with van der Waals surface area (Å²) < 4.78 is 7.23. The van der Waals surface area contributed by atoms with Crippen molar-refractivity contribution in [3.63, 3.8) is 0 Å². The first-order chi connectivity index (χ1) is 13.8. The lowest BCUT2D eigenvalue weighted by Gasteiger charge is -2.12. The number of carbonyl (C=O) groups excluding carboxylic acids is 2. The van der Waals surface area contributed by atoms with E-state index in [1.807, 2.05) is 50.2 Å². The first kappa shape index (κ1) is 23.0. The van der Waals surface area contributed by atoms with Gasteiger partial charge in [0, 0.05) is 21.9 Å². The Bertz CT molecular complexity index is 929. The molecule has 8 heteroatoms. The predicted molar refractivity (Wildman–Crippen MR) is 122 cm³/mol. The molecule has 0 aliphatic rings. The molecule has 0 aliphatic heterocycles. The van der Waals surface area contributed by atoms with Crippen molar-refractivity contribution in [2.75, 3.05) is 11.9 Å². The fraction of sp³-hybridized carbons (Fsp3) is 0.238. The zero-order valence-electron chi connectivity index (χ0n) is 16.4. The third kappa shape index (κ3) is 7.21. The topological polar surface area (TPSA) is 79.5 Å². The van der Waals surface area contributed by atoms with Gasteiger partial charge >= 0.3 is 0 Å². The molecule has 0 saturated carbocycles. The highest BCUT2D eigenvalue weighted by molar-refractivity contribution is 9.11. The van der Waals surface area contributed by atoms with Gasteiger partial charge in [0.1, 0.15) is 5.75 Å². The smallest absolute Gasteiger partial charge is 0.276 e. The monoisotopic (exact) mass is 523 g/mol. The van der Waals surface area contributed by atoms with Crippen molar-refractivity contribution >= 4 is 49.4 Å². The number of rotatable bonds is 8. The maximum absolute atomic E-state index is 12.2. The SMILES string of the molecule is CCc1ccccc1NC(=O)C=C(C)NNC(=O)COc1cc(C)c(Br)cc1Br. The lowest BCUT2D eigenvalue weighted by Crippen LogP contribution is -2.39. The molecule has 0 radical (unpaired) electrons. The van der Waals surface area contributed by atoms with Crippen molar-refractivity contribution in [3.8, 4) is 5.75 Å². The molecule has 3 N–H and O–H groups in total. The summed E-state index contributed by atoms with van der Waals surface area (Å²) in [6.07, 6.45) is 2.20. The van der Waals surface area contributed by atoms with Crippen molar-refractivity contribution < 1.29 is 14.3 Å². The van der Waals surface area contributed by atoms with E-state index in [4.69, 9.17) is 4.74 Å². The number of hydrogen-bond acceptors (Lipinski definition) is 4. The number of para-hydroxylation sites is 1. The molecule has 0 unspecified atom stereocenters. The minimum Gasteiger partial charge on any atom is -0.483 e. The standard InChI is InChI=1S/C21H23Br2N3O3/c1-4-15-7-5-6-8-18(15)24-20(27)10-14(3)25-26-21(28)12-29-19-9-13(2)16(22)11-17(19)23/h5-11,25H,4,12H2,1-3H3,(H,24,27)(H,26,28). The number of hydrazine groups is 1. The van der Waals surface area contributed by atoms with Crippen LogP contribution in [0.4, 0.5) is 5.69 Å². The number of carbonyl (C=O) groups is 2. The number of allylic oxidation sites excluding steroid dienone is 1. The number of hydrogen-bond donors (Lipinski definition) is 3. The van der Waals surface area contributed by atoms with Crippen LogP contribution in [0.2, 0.25) is 0 Å². The zero-order chi connectivity index (χ0) is 21.4. The van der Waals surface area contributed by atoms with Gasteiger partial charge in [-0.25, -0.2) is 0 Å². The van der Waals surface area contributed by atoms with Crippen molar-refractivity contribution in [2.24, 2.45) is 0 Å². The Morgan fingerprint density at radius 3 is 2.55 bits per heavy atom. The fourth-order valence-corrected chi connectivity index (χ4v) is 3.55. The van der Waals surface area contributed by atoms with Crippen LogP contribution >= 0.6 is 31.9 Å². The van der Waals surface area contributed by atoms with Crippen LogP contribution in [0, 0.1) is 6.92 Å². The summed E-state index contributed by atoms with van der Waals surface area (Å²) in [6, 6.07) is 11.3. The molecule has 29 heavy (non-hydrogen) atoms. The molecule has 2 aromatic rings. The summed E-state index contributed by atoms with van der Waals surface area (Å²) >= 11 is 6.84. The number of aryl methyl sites for hydroxylation is 2. The largest absolute Gasteiger partial charge is 0.483 e. The van der Waals surface area contributed by atoms with Gasteiger partial charge in [-0.1, -0.05) is 41.1 Å². The van der Waals surface area contributed by atoms with Crippen molar-refractivity contribution in [3.05, 3.63) is 68.2 Å². The number of nitrogens with one attached hydrogen (secondary N) is 3. The van der Waals surface area contributed by atoms with Crippen LogP contribution in [0.5, 0.6) is 5.75 Å². The molecule has 0 fully saturated rings. The summed E-state index contributed by atoms with van der Waals surface area (Å²) in [5.74, 6) is -0.0836. The van der Waals surface area contributed by atoms with Gasteiger partial charge in [-0.15, -0.1) is 0 Å². The van der Waals surface area contributed by atoms with E-state index >= 15 is 0 Å². The first-order valence-corrected chi connectivity index (χ1v) is 10.6. The van der Waals surface area contributed by atoms with Gasteiger partial charge in [0.05, 0.1) is 4.47 Å². The van der Waals surface area contributed by atoms with Gasteiger partial charge in [-0.3, -0.25) is 15.0 Å². The van der Waals surface area contributed by atoms with Crippen LogP contribution in [-0.2, 0) is 16.0 Å². The highest BCUT2D eigenvalue weighted by Gasteiger charge is 2.09. The van der Waals surface area contributed by atoms with E-state index in [1.165, 1.54) is 6.08 Å². The quantitative estimate of drug-likeness (QED) is 0.347. The first-order valence-electron chi connectivity index (χ1n) is 9.00. The Labute approximate surface area is 187 Å². The molecule has 0 atom stereocenters. The Kier molecular flexibility index (Phi) is 8.72. The second-order valence-electron chi connectivity index (χ2n) is 6.32. The number of benzene rings is 2. The lowest BCUT2D eigenvalue weighted by molar-refractivity contribution is -0.124. The Hall–Kier alpha value is -2.32. The molecule has 6 nitrogen and oxygen atoms in total. The number of halogens is 2. The summed E-state index contributed by atoms with van der Waals surface area (Å²) in [5, 5.41) is 2.84. The number of anilines is 1. The molecule has 0 bridgehead atoms. The number of amides is 2. The average Bonchev–Trinajstić information content (AvgIpc) is 2.68. The lowest BCUT2D eigenvalue weighted by atomic mass is 10.1. The maximum Gasteiger partial charge on any atom is 0.276 e. The molecule has 0 saturated heterocycles. The summed E-state index contributed by atoms with van der Waals surface area (Å²) in [7, 11) is 0. The van der Waals surface area contributed by atoms with E-state index in [9.17, 15) is 9.59 Å². The van der Waals surface area contributed by atoms with Gasteiger partial charge in [0.25, 0.3) is 5.91 Å². The molecular formula is C21H23Br2N3O3. The molecule has 0 spiro atoms. The van der Waals surface area contributed by atoms with Crippen LogP contribution in [0.25, 0.3) is 0 Å². The maximum atomic E-state index is 12.2. The molecule has 0 heterocycles. The molecule has 0 aliphatic carbocycles. The zero-order valence-corrected chi connectivity index (χ0v) is 19.6. The van der Waals surface area contributed by atoms with Crippen LogP contribution in [0.15, 0.2) is 57.1 Å². The Morgan fingerprint density at radius 1 is 1.10 bits per heavy atom. The van der Waals surface area contributed by atoms with Crippen molar-refractivity contribution in [1.82, 2.24) is 10.9 Å². The van der Waals surface area contributed by atoms with Crippen LogP contribution in [0.1, 0.15) is 25.0 Å². The van der Waals surface area contributed by atoms with Gasteiger partial charge < -0.3 is 15.5 Å². The molecule has 0 aromatic heterocycles. The summed E-state index contributed by atoms with van der Waals surface area (Å²) in [5.41, 5.74) is 8.52. The molecular weight excluding hydrogens is 502 g/mol.